The van der Waals surface area contributed by atoms with Gasteiger partial charge in [-0.3, -0.25) is 9.59 Å². The quantitative estimate of drug-likeness (QED) is 0.661. The van der Waals surface area contributed by atoms with Crippen molar-refractivity contribution in [2.45, 2.75) is 4.90 Å². The Balaban J connectivity index is 1.71. The number of hydrogen-bond donors (Lipinski definition) is 2. The Hall–Kier alpha value is -2.55. The number of anilines is 1. The van der Waals surface area contributed by atoms with Gasteiger partial charge in [-0.05, 0) is 36.4 Å². The molecule has 0 fully saturated rings. The van der Waals surface area contributed by atoms with Crippen molar-refractivity contribution in [1.82, 2.24) is 9.29 Å². The molecule has 0 aliphatic carbocycles. The lowest BCUT2D eigenvalue weighted by molar-refractivity contribution is 0.0982. The molecule has 1 aliphatic rings. The number of aryl methyl sites for hydroxylation is 1. The van der Waals surface area contributed by atoms with Crippen LogP contribution in [0.4, 0.5) is 5.69 Å². The van der Waals surface area contributed by atoms with Crippen molar-refractivity contribution >= 4 is 61.6 Å². The van der Waals surface area contributed by atoms with Gasteiger partial charge in [0.2, 0.25) is 0 Å². The van der Waals surface area contributed by atoms with Gasteiger partial charge in [0.1, 0.15) is 10.6 Å². The number of fused-ring (bicyclic) bond motifs is 2. The summed E-state index contributed by atoms with van der Waals surface area (Å²) in [6.45, 7) is 0. The van der Waals surface area contributed by atoms with Crippen LogP contribution in [0.15, 0.2) is 41.3 Å². The first kappa shape index (κ1) is 17.8. The van der Waals surface area contributed by atoms with E-state index < -0.39 is 21.8 Å². The maximum atomic E-state index is 12.7. The molecular formula is C17H11Cl2N3O4S. The Labute approximate surface area is 163 Å². The van der Waals surface area contributed by atoms with Gasteiger partial charge in [0.25, 0.3) is 21.8 Å². The lowest BCUT2D eigenvalue weighted by Gasteiger charge is -2.07. The van der Waals surface area contributed by atoms with Gasteiger partial charge in [0.05, 0.1) is 16.1 Å². The molecule has 1 aliphatic heterocycles. The molecule has 0 saturated heterocycles. The molecule has 2 heterocycles. The zero-order valence-electron chi connectivity index (χ0n) is 13.7. The molecule has 4 rings (SSSR count). The van der Waals surface area contributed by atoms with Crippen LogP contribution in [-0.4, -0.2) is 24.8 Å². The number of aromatic nitrogens is 1. The SMILES string of the molecule is Cn1c(C(=O)Nc2ccc3c(c2)C(=O)NS3(=O)=O)cc2c(Cl)cc(Cl)cc21. The van der Waals surface area contributed by atoms with Crippen molar-refractivity contribution in [1.29, 1.82) is 0 Å². The van der Waals surface area contributed by atoms with Gasteiger partial charge in [-0.15, -0.1) is 0 Å². The summed E-state index contributed by atoms with van der Waals surface area (Å²) in [5.74, 6) is -1.17. The Kier molecular flexibility index (Phi) is 3.95. The molecule has 3 aromatic rings. The smallest absolute Gasteiger partial charge is 0.272 e. The van der Waals surface area contributed by atoms with Crippen LogP contribution in [0, 0.1) is 0 Å². The van der Waals surface area contributed by atoms with E-state index >= 15 is 0 Å². The minimum atomic E-state index is -3.83. The van der Waals surface area contributed by atoms with Crippen LogP contribution < -0.4 is 10.0 Å². The molecule has 0 radical (unpaired) electrons. The van der Waals surface area contributed by atoms with E-state index in [1.807, 2.05) is 4.72 Å². The number of nitrogens with one attached hydrogen (secondary N) is 2. The molecule has 0 unspecified atom stereocenters. The number of hydrogen-bond acceptors (Lipinski definition) is 4. The molecule has 0 atom stereocenters. The van der Waals surface area contributed by atoms with E-state index in [1.54, 1.807) is 29.8 Å². The highest BCUT2D eigenvalue weighted by molar-refractivity contribution is 7.90. The monoisotopic (exact) mass is 423 g/mol. The third-order valence-electron chi connectivity index (χ3n) is 4.31. The molecule has 0 saturated carbocycles. The van der Waals surface area contributed by atoms with Gasteiger partial charge in [0.15, 0.2) is 0 Å². The number of benzene rings is 2. The molecule has 0 spiro atoms. The van der Waals surface area contributed by atoms with E-state index in [4.69, 9.17) is 23.2 Å². The summed E-state index contributed by atoms with van der Waals surface area (Å²) in [7, 11) is -2.13. The van der Waals surface area contributed by atoms with Crippen molar-refractivity contribution < 1.29 is 18.0 Å². The normalized spacial score (nSPS) is 14.9. The molecule has 0 bridgehead atoms. The molecule has 2 N–H and O–H groups in total. The van der Waals surface area contributed by atoms with E-state index in [0.717, 1.165) is 0 Å². The van der Waals surface area contributed by atoms with Crippen molar-refractivity contribution in [3.8, 4) is 0 Å². The Morgan fingerprint density at radius 2 is 1.89 bits per heavy atom. The van der Waals surface area contributed by atoms with E-state index in [-0.39, 0.29) is 10.5 Å². The van der Waals surface area contributed by atoms with Crippen LogP contribution >= 0.6 is 23.2 Å². The summed E-state index contributed by atoms with van der Waals surface area (Å²) in [6, 6.07) is 8.93. The van der Waals surface area contributed by atoms with Crippen LogP contribution in [0.5, 0.6) is 0 Å². The van der Waals surface area contributed by atoms with Gasteiger partial charge < -0.3 is 9.88 Å². The predicted molar refractivity (Wildman–Crippen MR) is 102 cm³/mol. The second-order valence-corrected chi connectivity index (χ2v) is 8.50. The number of nitrogens with zero attached hydrogens (tertiary/aromatic N) is 1. The van der Waals surface area contributed by atoms with Gasteiger partial charge >= 0.3 is 0 Å². The van der Waals surface area contributed by atoms with E-state index in [1.165, 1.54) is 18.2 Å². The Bertz CT molecular complexity index is 1260. The molecule has 2 amide bonds. The fraction of sp³-hybridized carbons (Fsp3) is 0.0588. The third-order valence-corrected chi connectivity index (χ3v) is 6.23. The third kappa shape index (κ3) is 2.86. The second-order valence-electron chi connectivity index (χ2n) is 6.01. The topological polar surface area (TPSA) is 97.3 Å². The van der Waals surface area contributed by atoms with Crippen LogP contribution in [0.25, 0.3) is 10.9 Å². The first-order chi connectivity index (χ1) is 12.7. The predicted octanol–water partition coefficient (Wildman–Crippen LogP) is 3.17. The summed E-state index contributed by atoms with van der Waals surface area (Å²) in [5, 5.41) is 4.21. The first-order valence-electron chi connectivity index (χ1n) is 7.64. The zero-order chi connectivity index (χ0) is 19.5. The fourth-order valence-corrected chi connectivity index (χ4v) is 4.71. The van der Waals surface area contributed by atoms with Crippen molar-refractivity contribution in [3.05, 3.63) is 57.7 Å². The molecule has 10 heteroatoms. The van der Waals surface area contributed by atoms with Gasteiger partial charge in [-0.2, -0.15) is 0 Å². The molecule has 7 nitrogen and oxygen atoms in total. The summed E-state index contributed by atoms with van der Waals surface area (Å²) < 4.78 is 27.1. The van der Waals surface area contributed by atoms with Crippen molar-refractivity contribution in [2.24, 2.45) is 7.05 Å². The molecular weight excluding hydrogens is 413 g/mol. The fourth-order valence-electron chi connectivity index (χ4n) is 3.02. The van der Waals surface area contributed by atoms with Crippen molar-refractivity contribution in [2.75, 3.05) is 5.32 Å². The summed E-state index contributed by atoms with van der Waals surface area (Å²) in [6.07, 6.45) is 0. The zero-order valence-corrected chi connectivity index (χ0v) is 16.0. The average Bonchev–Trinajstić information content (AvgIpc) is 3.02. The summed E-state index contributed by atoms with van der Waals surface area (Å²) in [5.41, 5.74) is 1.30. The lowest BCUT2D eigenvalue weighted by atomic mass is 10.2. The van der Waals surface area contributed by atoms with Gasteiger partial charge in [-0.25, -0.2) is 13.1 Å². The minimum Gasteiger partial charge on any atom is -0.340 e. The number of amides is 2. The van der Waals surface area contributed by atoms with Gasteiger partial charge in [-0.1, -0.05) is 23.2 Å². The van der Waals surface area contributed by atoms with E-state index in [9.17, 15) is 18.0 Å². The van der Waals surface area contributed by atoms with E-state index in [0.29, 0.717) is 32.3 Å². The number of sulfonamides is 1. The molecule has 2 aromatic carbocycles. The van der Waals surface area contributed by atoms with Gasteiger partial charge in [0, 0.05) is 23.1 Å². The summed E-state index contributed by atoms with van der Waals surface area (Å²) >= 11 is 12.2. The molecule has 138 valence electrons. The maximum Gasteiger partial charge on any atom is 0.272 e. The van der Waals surface area contributed by atoms with Crippen LogP contribution in [-0.2, 0) is 17.1 Å². The number of halogens is 2. The van der Waals surface area contributed by atoms with E-state index in [2.05, 4.69) is 5.32 Å². The minimum absolute atomic E-state index is 0.0142. The van der Waals surface area contributed by atoms with Crippen LogP contribution in [0.1, 0.15) is 20.8 Å². The number of rotatable bonds is 2. The molecule has 27 heavy (non-hydrogen) atoms. The second kappa shape index (κ2) is 5.98. The average molecular weight is 424 g/mol. The lowest BCUT2D eigenvalue weighted by Crippen LogP contribution is -2.20. The summed E-state index contributed by atoms with van der Waals surface area (Å²) in [4.78, 5) is 24.4. The molecule has 1 aromatic heterocycles. The van der Waals surface area contributed by atoms with Crippen LogP contribution in [0.2, 0.25) is 10.0 Å². The highest BCUT2D eigenvalue weighted by Gasteiger charge is 2.32. The standard InChI is InChI=1S/C17H11Cl2N3O4S/c1-22-13-5-8(18)4-12(19)10(13)7-14(22)17(24)20-9-2-3-15-11(6-9)16(23)21-27(15,25)26/h2-7H,1H3,(H,20,24)(H,21,23). The van der Waals surface area contributed by atoms with Crippen molar-refractivity contribution in [3.63, 3.8) is 0 Å². The maximum absolute atomic E-state index is 12.7. The largest absolute Gasteiger partial charge is 0.340 e. The number of carbonyl (C=O) groups excluding carboxylic acids is 2. The Morgan fingerprint density at radius 1 is 1.15 bits per heavy atom. The first-order valence-corrected chi connectivity index (χ1v) is 9.88. The highest BCUT2D eigenvalue weighted by Crippen LogP contribution is 2.31. The van der Waals surface area contributed by atoms with Crippen LogP contribution in [0.3, 0.4) is 0 Å². The highest BCUT2D eigenvalue weighted by atomic mass is 35.5. The Morgan fingerprint density at radius 3 is 2.63 bits per heavy atom. The number of carbonyl (C=O) groups is 2.